The minimum Gasteiger partial charge on any atom is -0.350 e. The summed E-state index contributed by atoms with van der Waals surface area (Å²) in [5, 5.41) is 3.28. The number of hydrogen-bond acceptors (Lipinski definition) is 4. The number of para-hydroxylation sites is 1. The molecule has 0 saturated carbocycles. The average Bonchev–Trinajstić information content (AvgIpc) is 3.27. The van der Waals surface area contributed by atoms with Crippen molar-refractivity contribution in [2.24, 2.45) is 0 Å². The summed E-state index contributed by atoms with van der Waals surface area (Å²) in [7, 11) is -4.03. The molecule has 188 valence electrons. The van der Waals surface area contributed by atoms with Crippen LogP contribution in [0.15, 0.2) is 77.7 Å². The second kappa shape index (κ2) is 11.1. The van der Waals surface area contributed by atoms with Gasteiger partial charge >= 0.3 is 0 Å². The van der Waals surface area contributed by atoms with Gasteiger partial charge in [-0.1, -0.05) is 54.1 Å². The van der Waals surface area contributed by atoms with Crippen molar-refractivity contribution in [2.45, 2.75) is 37.8 Å². The van der Waals surface area contributed by atoms with Crippen LogP contribution in [0.4, 0.5) is 5.69 Å². The Balaban J connectivity index is 1.53. The molecule has 3 aromatic carbocycles. The van der Waals surface area contributed by atoms with Gasteiger partial charge in [-0.2, -0.15) is 0 Å². The van der Waals surface area contributed by atoms with Crippen LogP contribution in [0.5, 0.6) is 0 Å². The van der Waals surface area contributed by atoms with Gasteiger partial charge in [-0.3, -0.25) is 13.9 Å². The smallest absolute Gasteiger partial charge is 0.264 e. The molecule has 0 atom stereocenters. The number of nitrogens with one attached hydrogen (secondary N) is 1. The molecule has 36 heavy (non-hydrogen) atoms. The lowest BCUT2D eigenvalue weighted by Crippen LogP contribution is -2.41. The largest absolute Gasteiger partial charge is 0.350 e. The molecule has 0 radical (unpaired) electrons. The summed E-state index contributed by atoms with van der Waals surface area (Å²) >= 11 is 5.95. The van der Waals surface area contributed by atoms with Gasteiger partial charge < -0.3 is 10.2 Å². The van der Waals surface area contributed by atoms with Crippen LogP contribution in [0.1, 0.15) is 29.5 Å². The van der Waals surface area contributed by atoms with Crippen molar-refractivity contribution in [1.82, 2.24) is 10.2 Å². The molecule has 0 spiro atoms. The Morgan fingerprint density at radius 2 is 1.67 bits per heavy atom. The van der Waals surface area contributed by atoms with Crippen LogP contribution in [0.25, 0.3) is 0 Å². The fourth-order valence-corrected chi connectivity index (χ4v) is 5.83. The van der Waals surface area contributed by atoms with Gasteiger partial charge in [0.2, 0.25) is 11.8 Å². The highest BCUT2D eigenvalue weighted by atomic mass is 35.5. The van der Waals surface area contributed by atoms with Crippen molar-refractivity contribution in [3.63, 3.8) is 0 Å². The molecule has 1 saturated heterocycles. The molecule has 3 aromatic rings. The van der Waals surface area contributed by atoms with E-state index in [-0.39, 0.29) is 23.9 Å². The number of amides is 2. The number of likely N-dealkylation sites (tertiary alicyclic amines) is 1. The molecule has 4 rings (SSSR count). The quantitative estimate of drug-likeness (QED) is 0.451. The summed E-state index contributed by atoms with van der Waals surface area (Å²) in [5.74, 6) is -0.307. The Hall–Kier alpha value is -3.36. The highest BCUT2D eigenvalue weighted by Crippen LogP contribution is 2.27. The third kappa shape index (κ3) is 5.88. The van der Waals surface area contributed by atoms with Crippen LogP contribution in [0.2, 0.25) is 5.02 Å². The highest BCUT2D eigenvalue weighted by molar-refractivity contribution is 7.92. The first-order chi connectivity index (χ1) is 17.3. The first-order valence-corrected chi connectivity index (χ1v) is 13.5. The maximum Gasteiger partial charge on any atom is 0.264 e. The van der Waals surface area contributed by atoms with Gasteiger partial charge in [0.15, 0.2) is 0 Å². The van der Waals surface area contributed by atoms with Crippen LogP contribution in [0, 0.1) is 6.92 Å². The third-order valence-corrected chi connectivity index (χ3v) is 8.23. The van der Waals surface area contributed by atoms with E-state index < -0.39 is 15.9 Å². The van der Waals surface area contributed by atoms with E-state index in [1.807, 2.05) is 35.2 Å². The molecule has 7 nitrogen and oxygen atoms in total. The van der Waals surface area contributed by atoms with Gasteiger partial charge in [0.25, 0.3) is 10.0 Å². The van der Waals surface area contributed by atoms with E-state index in [1.165, 1.54) is 24.3 Å². The van der Waals surface area contributed by atoms with E-state index in [0.717, 1.165) is 34.0 Å². The molecule has 1 aliphatic rings. The van der Waals surface area contributed by atoms with Gasteiger partial charge in [-0.05, 0) is 60.4 Å². The fraction of sp³-hybridized carbons (Fsp3) is 0.259. The number of carbonyl (C=O) groups is 2. The van der Waals surface area contributed by atoms with E-state index in [0.29, 0.717) is 23.7 Å². The van der Waals surface area contributed by atoms with Gasteiger partial charge in [0.05, 0.1) is 10.6 Å². The number of aryl methyl sites for hydroxylation is 1. The molecule has 1 heterocycles. The Morgan fingerprint density at radius 1 is 1.00 bits per heavy atom. The van der Waals surface area contributed by atoms with Crippen LogP contribution in [0.3, 0.4) is 0 Å². The summed E-state index contributed by atoms with van der Waals surface area (Å²) in [6.07, 6.45) is 1.42. The van der Waals surface area contributed by atoms with Crippen LogP contribution < -0.4 is 9.62 Å². The minimum atomic E-state index is -4.03. The minimum absolute atomic E-state index is 0.0450. The van der Waals surface area contributed by atoms with Crippen molar-refractivity contribution in [1.29, 1.82) is 0 Å². The Kier molecular flexibility index (Phi) is 7.96. The van der Waals surface area contributed by atoms with E-state index >= 15 is 0 Å². The van der Waals surface area contributed by atoms with E-state index in [9.17, 15) is 18.0 Å². The van der Waals surface area contributed by atoms with Gasteiger partial charge in [0.1, 0.15) is 6.54 Å². The van der Waals surface area contributed by atoms with Crippen molar-refractivity contribution in [2.75, 3.05) is 17.4 Å². The Labute approximate surface area is 216 Å². The highest BCUT2D eigenvalue weighted by Gasteiger charge is 2.28. The second-order valence-electron chi connectivity index (χ2n) is 8.72. The molecule has 2 amide bonds. The number of rotatable bonds is 9. The summed E-state index contributed by atoms with van der Waals surface area (Å²) < 4.78 is 28.2. The van der Waals surface area contributed by atoms with Gasteiger partial charge in [-0.25, -0.2) is 8.42 Å². The number of carbonyl (C=O) groups excluding carboxylic acids is 2. The first-order valence-electron chi connectivity index (χ1n) is 11.7. The molecule has 0 aromatic heterocycles. The van der Waals surface area contributed by atoms with Crippen LogP contribution in [-0.2, 0) is 32.7 Å². The maximum absolute atomic E-state index is 13.5. The number of benzene rings is 3. The molecule has 1 aliphatic heterocycles. The number of hydrogen-bond donors (Lipinski definition) is 1. The summed E-state index contributed by atoms with van der Waals surface area (Å²) in [6.45, 7) is 2.86. The fourth-order valence-electron chi connectivity index (χ4n) is 4.22. The summed E-state index contributed by atoms with van der Waals surface area (Å²) in [5.41, 5.74) is 2.99. The second-order valence-corrected chi connectivity index (χ2v) is 11.0. The van der Waals surface area contributed by atoms with Crippen molar-refractivity contribution in [3.8, 4) is 0 Å². The molecular formula is C27H28ClN3O4S. The molecule has 9 heteroatoms. The van der Waals surface area contributed by atoms with Crippen molar-refractivity contribution >= 4 is 39.1 Å². The maximum atomic E-state index is 13.5. The third-order valence-electron chi connectivity index (χ3n) is 6.20. The van der Waals surface area contributed by atoms with Crippen molar-refractivity contribution in [3.05, 3.63) is 94.5 Å². The van der Waals surface area contributed by atoms with Crippen LogP contribution in [-0.4, -0.2) is 38.2 Å². The topological polar surface area (TPSA) is 86.8 Å². The van der Waals surface area contributed by atoms with Gasteiger partial charge in [-0.15, -0.1) is 0 Å². The monoisotopic (exact) mass is 525 g/mol. The lowest BCUT2D eigenvalue weighted by Gasteiger charge is -2.26. The Bertz CT molecular complexity index is 1360. The lowest BCUT2D eigenvalue weighted by molar-refractivity contribution is -0.128. The number of halogens is 1. The van der Waals surface area contributed by atoms with Crippen molar-refractivity contribution < 1.29 is 18.0 Å². The molecule has 0 bridgehead atoms. The average molecular weight is 526 g/mol. The van der Waals surface area contributed by atoms with E-state index in [4.69, 9.17) is 11.6 Å². The number of anilines is 1. The van der Waals surface area contributed by atoms with E-state index in [2.05, 4.69) is 5.32 Å². The summed E-state index contributed by atoms with van der Waals surface area (Å²) in [6, 6.07) is 20.5. The number of sulfonamides is 1. The summed E-state index contributed by atoms with van der Waals surface area (Å²) in [4.78, 5) is 27.0. The molecular weight excluding hydrogens is 498 g/mol. The lowest BCUT2D eigenvalue weighted by atomic mass is 10.1. The predicted molar refractivity (Wildman–Crippen MR) is 140 cm³/mol. The number of nitrogens with zero attached hydrogens (tertiary/aromatic N) is 2. The zero-order valence-corrected chi connectivity index (χ0v) is 21.6. The first kappa shape index (κ1) is 25.7. The van der Waals surface area contributed by atoms with Gasteiger partial charge in [0, 0.05) is 31.1 Å². The molecule has 0 unspecified atom stereocenters. The zero-order valence-electron chi connectivity index (χ0n) is 20.0. The predicted octanol–water partition coefficient (Wildman–Crippen LogP) is 4.28. The Morgan fingerprint density at radius 3 is 2.33 bits per heavy atom. The molecule has 1 N–H and O–H groups in total. The normalized spacial score (nSPS) is 13.6. The molecule has 0 aliphatic carbocycles. The van der Waals surface area contributed by atoms with Crippen LogP contribution >= 0.6 is 11.6 Å². The standard InChI is InChI=1S/C27H28ClN3O4S/c1-20-7-2-5-10-25(20)31(36(34,35)24-14-12-23(28)13-15-24)19-26(32)29-17-21-8-3-4-9-22(21)18-30-16-6-11-27(30)33/h2-5,7-10,12-15H,6,11,16-19H2,1H3,(H,29,32). The molecule has 1 fully saturated rings. The van der Waals surface area contributed by atoms with E-state index in [1.54, 1.807) is 25.1 Å². The SMILES string of the molecule is Cc1ccccc1N(CC(=O)NCc1ccccc1CN1CCCC1=O)S(=O)(=O)c1ccc(Cl)cc1. The zero-order chi connectivity index (χ0) is 25.7.